The number of halogens is 1. The highest BCUT2D eigenvalue weighted by atomic mass is 79.9. The number of carbonyl (C=O) groups excluding carboxylic acids is 1. The Balaban J connectivity index is 2.94. The van der Waals surface area contributed by atoms with Gasteiger partial charge in [0.2, 0.25) is 0 Å². The van der Waals surface area contributed by atoms with Crippen LogP contribution in [-0.4, -0.2) is 22.5 Å². The van der Waals surface area contributed by atoms with Gasteiger partial charge in [0.25, 0.3) is 5.91 Å². The van der Waals surface area contributed by atoms with Gasteiger partial charge in [0, 0.05) is 10.0 Å². The topological polar surface area (TPSA) is 66.4 Å². The van der Waals surface area contributed by atoms with Crippen LogP contribution >= 0.6 is 15.9 Å². The molecular weight excluding hydrogens is 310 g/mol. The number of benzene rings is 1. The first-order valence-electron chi connectivity index (χ1n) is 6.12. The van der Waals surface area contributed by atoms with Crippen molar-refractivity contribution >= 4 is 27.8 Å². The van der Waals surface area contributed by atoms with Crippen LogP contribution in [0.5, 0.6) is 0 Å². The van der Waals surface area contributed by atoms with E-state index in [1.54, 1.807) is 12.1 Å². The molecule has 104 valence electrons. The summed E-state index contributed by atoms with van der Waals surface area (Å²) in [6.07, 6.45) is 1.07. The highest BCUT2D eigenvalue weighted by molar-refractivity contribution is 9.10. The van der Waals surface area contributed by atoms with Crippen LogP contribution in [0.25, 0.3) is 0 Å². The molecule has 1 atom stereocenters. The predicted molar refractivity (Wildman–Crippen MR) is 77.3 cm³/mol. The molecule has 0 radical (unpaired) electrons. The number of nitrogens with one attached hydrogen (secondary N) is 1. The molecule has 1 aromatic rings. The Morgan fingerprint density at radius 2 is 2.05 bits per heavy atom. The summed E-state index contributed by atoms with van der Waals surface area (Å²) in [7, 11) is 0. The minimum atomic E-state index is -1.23. The van der Waals surface area contributed by atoms with E-state index in [9.17, 15) is 14.7 Å². The fourth-order valence-corrected chi connectivity index (χ4v) is 2.16. The Kier molecular flexibility index (Phi) is 5.11. The maximum absolute atomic E-state index is 12.1. The second-order valence-corrected chi connectivity index (χ2v) is 5.66. The van der Waals surface area contributed by atoms with Crippen molar-refractivity contribution in [1.82, 2.24) is 5.32 Å². The lowest BCUT2D eigenvalue weighted by molar-refractivity contribution is -0.144. The normalized spacial score (nSPS) is 13.7. The predicted octanol–water partition coefficient (Wildman–Crippen LogP) is 3.13. The molecule has 0 aliphatic rings. The van der Waals surface area contributed by atoms with E-state index in [0.29, 0.717) is 18.4 Å². The summed E-state index contributed by atoms with van der Waals surface area (Å²) in [5.74, 6) is -1.40. The molecule has 0 saturated heterocycles. The first kappa shape index (κ1) is 15.7. The van der Waals surface area contributed by atoms with Crippen molar-refractivity contribution in [2.75, 3.05) is 0 Å². The molecule has 1 aromatic carbocycles. The van der Waals surface area contributed by atoms with E-state index in [4.69, 9.17) is 0 Å². The van der Waals surface area contributed by atoms with Crippen molar-refractivity contribution in [1.29, 1.82) is 0 Å². The highest BCUT2D eigenvalue weighted by Crippen LogP contribution is 2.19. The molecule has 0 aliphatic carbocycles. The van der Waals surface area contributed by atoms with E-state index in [0.717, 1.165) is 10.0 Å². The van der Waals surface area contributed by atoms with Crippen molar-refractivity contribution in [2.45, 2.75) is 39.2 Å². The first-order valence-corrected chi connectivity index (χ1v) is 6.91. The molecule has 19 heavy (non-hydrogen) atoms. The smallest absolute Gasteiger partial charge is 0.329 e. The lowest BCUT2D eigenvalue weighted by Gasteiger charge is -2.25. The Morgan fingerprint density at radius 3 is 2.53 bits per heavy atom. The maximum atomic E-state index is 12.1. The van der Waals surface area contributed by atoms with E-state index in [2.05, 4.69) is 21.2 Å². The molecular formula is C14H18BrNO3. The molecule has 0 saturated carbocycles. The van der Waals surface area contributed by atoms with Crippen molar-refractivity contribution < 1.29 is 14.7 Å². The first-order chi connectivity index (χ1) is 8.80. The number of carbonyl (C=O) groups is 2. The summed E-state index contributed by atoms with van der Waals surface area (Å²) in [6, 6.07) is 5.19. The van der Waals surface area contributed by atoms with Gasteiger partial charge in [-0.3, -0.25) is 4.79 Å². The summed E-state index contributed by atoms with van der Waals surface area (Å²) in [5.41, 5.74) is 0.232. The quantitative estimate of drug-likeness (QED) is 0.873. The number of carboxylic acids is 1. The van der Waals surface area contributed by atoms with Gasteiger partial charge < -0.3 is 10.4 Å². The number of hydrogen-bond acceptors (Lipinski definition) is 2. The second-order valence-electron chi connectivity index (χ2n) is 4.81. The Bertz CT molecular complexity index is 501. The molecule has 0 bridgehead atoms. The van der Waals surface area contributed by atoms with Gasteiger partial charge in [-0.1, -0.05) is 35.3 Å². The average molecular weight is 328 g/mol. The maximum Gasteiger partial charge on any atom is 0.329 e. The fourth-order valence-electron chi connectivity index (χ4n) is 1.78. The van der Waals surface area contributed by atoms with Crippen LogP contribution in [0.1, 0.15) is 42.6 Å². The largest absolute Gasteiger partial charge is 0.480 e. The molecule has 0 fully saturated rings. The zero-order chi connectivity index (χ0) is 14.6. The minimum absolute atomic E-state index is 0.376. The molecule has 0 heterocycles. The SMILES string of the molecule is CCCC(C)(NC(=O)c1ccc(C)c(Br)c1)C(=O)O. The third-order valence-corrected chi connectivity index (χ3v) is 3.90. The third-order valence-electron chi connectivity index (χ3n) is 3.05. The number of aryl methyl sites for hydroxylation is 1. The number of hydrogen-bond donors (Lipinski definition) is 2. The summed E-state index contributed by atoms with van der Waals surface area (Å²) in [5, 5.41) is 11.8. The van der Waals surface area contributed by atoms with Gasteiger partial charge >= 0.3 is 5.97 Å². The van der Waals surface area contributed by atoms with Gasteiger partial charge in [0.15, 0.2) is 0 Å². The van der Waals surface area contributed by atoms with Crippen LogP contribution < -0.4 is 5.32 Å². The Morgan fingerprint density at radius 1 is 1.42 bits per heavy atom. The molecule has 0 spiro atoms. The van der Waals surface area contributed by atoms with Gasteiger partial charge in [-0.15, -0.1) is 0 Å². The second kappa shape index (κ2) is 6.19. The fraction of sp³-hybridized carbons (Fsp3) is 0.429. The van der Waals surface area contributed by atoms with Crippen LogP contribution in [0.2, 0.25) is 0 Å². The zero-order valence-electron chi connectivity index (χ0n) is 11.3. The van der Waals surface area contributed by atoms with Crippen molar-refractivity contribution in [3.05, 3.63) is 33.8 Å². The van der Waals surface area contributed by atoms with E-state index < -0.39 is 11.5 Å². The zero-order valence-corrected chi connectivity index (χ0v) is 12.9. The molecule has 1 amide bonds. The number of rotatable bonds is 5. The highest BCUT2D eigenvalue weighted by Gasteiger charge is 2.34. The van der Waals surface area contributed by atoms with E-state index >= 15 is 0 Å². The molecule has 0 aliphatic heterocycles. The standard InChI is InChI=1S/C14H18BrNO3/c1-4-7-14(3,13(18)19)16-12(17)10-6-5-9(2)11(15)8-10/h5-6,8H,4,7H2,1-3H3,(H,16,17)(H,18,19). The average Bonchev–Trinajstić information content (AvgIpc) is 2.32. The Labute approximate surface area is 121 Å². The van der Waals surface area contributed by atoms with Crippen molar-refractivity contribution in [3.63, 3.8) is 0 Å². The molecule has 2 N–H and O–H groups in total. The van der Waals surface area contributed by atoms with E-state index in [1.807, 2.05) is 19.9 Å². The van der Waals surface area contributed by atoms with Crippen LogP contribution in [0.15, 0.2) is 22.7 Å². The molecule has 1 rings (SSSR count). The number of amides is 1. The molecule has 4 nitrogen and oxygen atoms in total. The van der Waals surface area contributed by atoms with Gasteiger partial charge in [0.1, 0.15) is 5.54 Å². The van der Waals surface area contributed by atoms with Crippen LogP contribution in [0.4, 0.5) is 0 Å². The third kappa shape index (κ3) is 3.80. The Hall–Kier alpha value is -1.36. The summed E-state index contributed by atoms with van der Waals surface area (Å²) >= 11 is 3.36. The number of aliphatic carboxylic acids is 1. The van der Waals surface area contributed by atoms with Gasteiger partial charge in [0.05, 0.1) is 0 Å². The summed E-state index contributed by atoms with van der Waals surface area (Å²) in [6.45, 7) is 5.33. The summed E-state index contributed by atoms with van der Waals surface area (Å²) in [4.78, 5) is 23.4. The van der Waals surface area contributed by atoms with Crippen LogP contribution in [0.3, 0.4) is 0 Å². The van der Waals surface area contributed by atoms with E-state index in [1.165, 1.54) is 6.92 Å². The summed E-state index contributed by atoms with van der Waals surface area (Å²) < 4.78 is 0.827. The van der Waals surface area contributed by atoms with Crippen LogP contribution in [-0.2, 0) is 4.79 Å². The lowest BCUT2D eigenvalue weighted by Crippen LogP contribution is -2.52. The van der Waals surface area contributed by atoms with Gasteiger partial charge in [-0.2, -0.15) is 0 Å². The minimum Gasteiger partial charge on any atom is -0.480 e. The van der Waals surface area contributed by atoms with Crippen molar-refractivity contribution in [3.8, 4) is 0 Å². The van der Waals surface area contributed by atoms with Crippen LogP contribution in [0, 0.1) is 6.92 Å². The van der Waals surface area contributed by atoms with Crippen molar-refractivity contribution in [2.24, 2.45) is 0 Å². The molecule has 0 aromatic heterocycles. The molecule has 1 unspecified atom stereocenters. The number of carboxylic acid groups (broad SMARTS) is 1. The van der Waals surface area contributed by atoms with Gasteiger partial charge in [-0.05, 0) is 38.0 Å². The molecule has 5 heteroatoms. The monoisotopic (exact) mass is 327 g/mol. The lowest BCUT2D eigenvalue weighted by atomic mass is 9.95. The van der Waals surface area contributed by atoms with Gasteiger partial charge in [-0.25, -0.2) is 4.79 Å². The van der Waals surface area contributed by atoms with E-state index in [-0.39, 0.29) is 5.91 Å².